The Balaban J connectivity index is 1.45. The number of rotatable bonds is 7. The van der Waals surface area contributed by atoms with Crippen LogP contribution in [0.2, 0.25) is 0 Å². The van der Waals surface area contributed by atoms with Gasteiger partial charge in [0, 0.05) is 36.5 Å². The monoisotopic (exact) mass is 501 g/mol. The molecule has 1 aromatic heterocycles. The second-order valence-electron chi connectivity index (χ2n) is 9.34. The highest BCUT2D eigenvalue weighted by molar-refractivity contribution is 5.90. The lowest BCUT2D eigenvalue weighted by molar-refractivity contribution is -0.176. The summed E-state index contributed by atoms with van der Waals surface area (Å²) in [6.07, 6.45) is 3.37. The van der Waals surface area contributed by atoms with Gasteiger partial charge < -0.3 is 15.1 Å². The lowest BCUT2D eigenvalue weighted by Gasteiger charge is -2.44. The molecular formula is C28H31N5O4. The van der Waals surface area contributed by atoms with Crippen molar-refractivity contribution in [1.82, 2.24) is 25.2 Å². The van der Waals surface area contributed by atoms with Crippen molar-refractivity contribution in [2.75, 3.05) is 13.1 Å². The van der Waals surface area contributed by atoms with Crippen LogP contribution < -0.4 is 5.32 Å². The largest absolute Gasteiger partial charge is 0.364 e. The van der Waals surface area contributed by atoms with E-state index in [1.165, 1.54) is 5.06 Å². The number of nitrogens with zero attached hydrogens (tertiary/aromatic N) is 4. The molecule has 9 heteroatoms. The summed E-state index contributed by atoms with van der Waals surface area (Å²) in [7, 11) is 0. The Morgan fingerprint density at radius 1 is 0.973 bits per heavy atom. The van der Waals surface area contributed by atoms with Gasteiger partial charge in [0.1, 0.15) is 6.04 Å². The highest BCUT2D eigenvalue weighted by Crippen LogP contribution is 2.21. The molecule has 2 atom stereocenters. The first kappa shape index (κ1) is 26.0. The molecule has 2 amide bonds. The number of hydrogen-bond acceptors (Lipinski definition) is 7. The van der Waals surface area contributed by atoms with Crippen LogP contribution in [0.25, 0.3) is 11.4 Å². The van der Waals surface area contributed by atoms with Crippen LogP contribution in [0.5, 0.6) is 0 Å². The van der Waals surface area contributed by atoms with Gasteiger partial charge in [0.25, 0.3) is 0 Å². The third kappa shape index (κ3) is 6.37. The molecule has 9 nitrogen and oxygen atoms in total. The second-order valence-corrected chi connectivity index (χ2v) is 9.34. The molecule has 0 bridgehead atoms. The van der Waals surface area contributed by atoms with Gasteiger partial charge in [-0.1, -0.05) is 56.3 Å². The number of aromatic nitrogens is 2. The van der Waals surface area contributed by atoms with Gasteiger partial charge in [-0.3, -0.25) is 9.59 Å². The van der Waals surface area contributed by atoms with Crippen molar-refractivity contribution >= 4 is 17.8 Å². The summed E-state index contributed by atoms with van der Waals surface area (Å²) in [5.74, 6) is -0.574. The summed E-state index contributed by atoms with van der Waals surface area (Å²) >= 11 is 0. The average Bonchev–Trinajstić information content (AvgIpc) is 2.92. The number of hydroxylamine groups is 2. The zero-order valence-electron chi connectivity index (χ0n) is 21.2. The summed E-state index contributed by atoms with van der Waals surface area (Å²) in [6, 6.07) is 16.9. The fraction of sp³-hybridized carbons (Fsp3) is 0.321. The van der Waals surface area contributed by atoms with Crippen LogP contribution in [-0.2, 0) is 21.0 Å². The Labute approximate surface area is 216 Å². The van der Waals surface area contributed by atoms with E-state index in [9.17, 15) is 14.4 Å². The van der Waals surface area contributed by atoms with Gasteiger partial charge in [0.2, 0.25) is 11.8 Å². The molecule has 37 heavy (non-hydrogen) atoms. The van der Waals surface area contributed by atoms with E-state index >= 15 is 0 Å². The molecule has 3 aromatic rings. The van der Waals surface area contributed by atoms with Gasteiger partial charge in [-0.05, 0) is 30.7 Å². The summed E-state index contributed by atoms with van der Waals surface area (Å²) in [5.41, 5.74) is 2.19. The van der Waals surface area contributed by atoms with Crippen molar-refractivity contribution in [2.24, 2.45) is 5.92 Å². The fourth-order valence-electron chi connectivity index (χ4n) is 4.27. The minimum atomic E-state index is -0.806. The molecule has 0 radical (unpaired) electrons. The molecule has 1 saturated heterocycles. The van der Waals surface area contributed by atoms with E-state index in [-0.39, 0.29) is 36.9 Å². The smallest absolute Gasteiger partial charge is 0.357 e. The Bertz CT molecular complexity index is 1220. The van der Waals surface area contributed by atoms with Gasteiger partial charge in [-0.2, -0.15) is 0 Å². The topological polar surface area (TPSA) is 105 Å². The second kappa shape index (κ2) is 11.7. The van der Waals surface area contributed by atoms with Gasteiger partial charge in [-0.15, -0.1) is 5.06 Å². The van der Waals surface area contributed by atoms with E-state index in [0.717, 1.165) is 11.1 Å². The summed E-state index contributed by atoms with van der Waals surface area (Å²) in [5, 5.41) is 4.42. The molecule has 2 aromatic carbocycles. The average molecular weight is 502 g/mol. The zero-order chi connectivity index (χ0) is 26.4. The Morgan fingerprint density at radius 3 is 2.30 bits per heavy atom. The fourth-order valence-corrected chi connectivity index (χ4v) is 4.27. The standard InChI is InChI=1S/C28H31N5O4/c1-19(2)27(35)33-20(3)17-32(37-28(36)23-8-5-4-6-9-23)18-24(33)26(34)31-16-21-10-12-22(13-11-21)25-29-14-7-15-30-25/h4-15,19-20,24H,16-18H2,1-3H3,(H,31,34)/t20-,24-/m1/s1. The first-order chi connectivity index (χ1) is 17.8. The molecule has 1 aliphatic rings. The lowest BCUT2D eigenvalue weighted by atomic mass is 10.0. The van der Waals surface area contributed by atoms with Crippen LogP contribution in [0.4, 0.5) is 0 Å². The van der Waals surface area contributed by atoms with Crippen LogP contribution >= 0.6 is 0 Å². The van der Waals surface area contributed by atoms with E-state index in [0.29, 0.717) is 17.9 Å². The predicted molar refractivity (Wildman–Crippen MR) is 138 cm³/mol. The number of nitrogens with one attached hydrogen (secondary N) is 1. The van der Waals surface area contributed by atoms with Crippen molar-refractivity contribution < 1.29 is 19.2 Å². The minimum Gasteiger partial charge on any atom is -0.364 e. The van der Waals surface area contributed by atoms with Crippen LogP contribution in [0.15, 0.2) is 73.1 Å². The van der Waals surface area contributed by atoms with E-state index in [2.05, 4.69) is 15.3 Å². The highest BCUT2D eigenvalue weighted by Gasteiger charge is 2.41. The molecule has 0 saturated carbocycles. The van der Waals surface area contributed by atoms with Crippen molar-refractivity contribution in [2.45, 2.75) is 39.4 Å². The van der Waals surface area contributed by atoms with Crippen molar-refractivity contribution in [3.63, 3.8) is 0 Å². The van der Waals surface area contributed by atoms with Gasteiger partial charge >= 0.3 is 5.97 Å². The van der Waals surface area contributed by atoms with Crippen molar-refractivity contribution in [3.8, 4) is 11.4 Å². The van der Waals surface area contributed by atoms with Gasteiger partial charge in [0.15, 0.2) is 5.82 Å². The third-order valence-electron chi connectivity index (χ3n) is 6.17. The van der Waals surface area contributed by atoms with E-state index in [1.54, 1.807) is 47.6 Å². The minimum absolute atomic E-state index is 0.0808. The molecule has 1 aliphatic heterocycles. The Hall–Kier alpha value is -4.11. The predicted octanol–water partition coefficient (Wildman–Crippen LogP) is 3.09. The Kier molecular flexibility index (Phi) is 8.25. The first-order valence-electron chi connectivity index (χ1n) is 12.3. The molecule has 4 rings (SSSR count). The summed E-state index contributed by atoms with van der Waals surface area (Å²) in [6.45, 7) is 6.15. The van der Waals surface area contributed by atoms with Crippen molar-refractivity contribution in [3.05, 3.63) is 84.2 Å². The van der Waals surface area contributed by atoms with Crippen LogP contribution in [-0.4, -0.2) is 62.9 Å². The molecule has 0 spiro atoms. The SMILES string of the molecule is CC(C)C(=O)N1[C@H](C)CN(OC(=O)c2ccccc2)C[C@@H]1C(=O)NCc1ccc(-c2ncccn2)cc1. The number of amides is 2. The number of carbonyl (C=O) groups excluding carboxylic acids is 3. The van der Waals surface area contributed by atoms with E-state index in [1.807, 2.05) is 51.1 Å². The molecule has 192 valence electrons. The summed E-state index contributed by atoms with van der Waals surface area (Å²) in [4.78, 5) is 54.7. The maximum absolute atomic E-state index is 13.4. The van der Waals surface area contributed by atoms with Crippen LogP contribution in [0, 0.1) is 5.92 Å². The molecule has 0 aliphatic carbocycles. The van der Waals surface area contributed by atoms with E-state index < -0.39 is 12.0 Å². The molecule has 1 N–H and O–H groups in total. The molecule has 0 unspecified atom stereocenters. The van der Waals surface area contributed by atoms with Crippen LogP contribution in [0.3, 0.4) is 0 Å². The van der Waals surface area contributed by atoms with E-state index in [4.69, 9.17) is 4.84 Å². The third-order valence-corrected chi connectivity index (χ3v) is 6.17. The van der Waals surface area contributed by atoms with Crippen molar-refractivity contribution in [1.29, 1.82) is 0 Å². The maximum Gasteiger partial charge on any atom is 0.357 e. The molecular weight excluding hydrogens is 470 g/mol. The number of carbonyl (C=O) groups is 3. The highest BCUT2D eigenvalue weighted by atomic mass is 16.7. The molecule has 1 fully saturated rings. The van der Waals surface area contributed by atoms with Crippen LogP contribution in [0.1, 0.15) is 36.7 Å². The quantitative estimate of drug-likeness (QED) is 0.530. The first-order valence-corrected chi connectivity index (χ1v) is 12.3. The normalized spacial score (nSPS) is 17.9. The number of hydrogen-bond donors (Lipinski definition) is 1. The molecule has 2 heterocycles. The van der Waals surface area contributed by atoms with Gasteiger partial charge in [-0.25, -0.2) is 14.8 Å². The number of benzene rings is 2. The number of piperazine rings is 1. The zero-order valence-corrected chi connectivity index (χ0v) is 21.2. The van der Waals surface area contributed by atoms with Gasteiger partial charge in [0.05, 0.1) is 18.7 Å². The maximum atomic E-state index is 13.4. The summed E-state index contributed by atoms with van der Waals surface area (Å²) < 4.78 is 0. The lowest BCUT2D eigenvalue weighted by Crippen LogP contribution is -2.64. The Morgan fingerprint density at radius 2 is 1.65 bits per heavy atom.